The summed E-state index contributed by atoms with van der Waals surface area (Å²) in [5.74, 6) is -0.0418. The maximum atomic E-state index is 12.8. The molecule has 140 valence electrons. The highest BCUT2D eigenvalue weighted by atomic mass is 32.2. The van der Waals surface area contributed by atoms with E-state index in [1.165, 1.54) is 36.0 Å². The number of carbonyl (C=O) groups excluding carboxylic acids is 3. The number of anilines is 1. The van der Waals surface area contributed by atoms with E-state index in [2.05, 4.69) is 10.6 Å². The summed E-state index contributed by atoms with van der Waals surface area (Å²) in [7, 11) is 0. The summed E-state index contributed by atoms with van der Waals surface area (Å²) in [5, 5.41) is 5.49. The van der Waals surface area contributed by atoms with Gasteiger partial charge in [-0.1, -0.05) is 0 Å². The molecule has 1 heterocycles. The number of nitrogens with zero attached hydrogens (tertiary/aromatic N) is 1. The summed E-state index contributed by atoms with van der Waals surface area (Å²) in [6.07, 6.45) is 2.70. The van der Waals surface area contributed by atoms with E-state index in [0.29, 0.717) is 24.7 Å². The molecule has 2 aliphatic rings. The molecule has 1 atom stereocenters. The van der Waals surface area contributed by atoms with Crippen molar-refractivity contribution in [2.75, 3.05) is 29.9 Å². The average Bonchev–Trinajstić information content (AvgIpc) is 3.38. The van der Waals surface area contributed by atoms with E-state index < -0.39 is 0 Å². The van der Waals surface area contributed by atoms with Crippen molar-refractivity contribution in [3.8, 4) is 0 Å². The number of rotatable bonds is 8. The maximum absolute atomic E-state index is 12.8. The lowest BCUT2D eigenvalue weighted by molar-refractivity contribution is -0.128. The second-order valence-electron chi connectivity index (χ2n) is 6.70. The molecule has 0 unspecified atom stereocenters. The molecule has 1 saturated heterocycles. The molecule has 2 N–H and O–H groups in total. The topological polar surface area (TPSA) is 78.5 Å². The Kier molecular flexibility index (Phi) is 6.13. The summed E-state index contributed by atoms with van der Waals surface area (Å²) < 4.78 is 12.8. The molecule has 2 fully saturated rings. The molecule has 3 amide bonds. The Balaban J connectivity index is 1.28. The van der Waals surface area contributed by atoms with Crippen LogP contribution < -0.4 is 10.6 Å². The van der Waals surface area contributed by atoms with Crippen LogP contribution in [-0.4, -0.2) is 53.3 Å². The Morgan fingerprint density at radius 1 is 1.15 bits per heavy atom. The average molecular weight is 379 g/mol. The van der Waals surface area contributed by atoms with E-state index >= 15 is 0 Å². The minimum atomic E-state index is -0.363. The Bertz CT molecular complexity index is 679. The summed E-state index contributed by atoms with van der Waals surface area (Å²) in [5.41, 5.74) is 0.521. The number of benzene rings is 1. The predicted molar refractivity (Wildman–Crippen MR) is 98.2 cm³/mol. The van der Waals surface area contributed by atoms with Gasteiger partial charge in [-0.2, -0.15) is 0 Å². The minimum absolute atomic E-state index is 0.137. The van der Waals surface area contributed by atoms with Crippen LogP contribution in [0.5, 0.6) is 0 Å². The van der Waals surface area contributed by atoms with Gasteiger partial charge in [0.1, 0.15) is 5.82 Å². The lowest BCUT2D eigenvalue weighted by Crippen LogP contribution is -2.33. The SMILES string of the molecule is O=C(CSCC(=O)Nc1ccc(F)cc1)NC[C@@H]1CC(=O)N(C2CC2)C1. The van der Waals surface area contributed by atoms with Crippen molar-refractivity contribution in [2.24, 2.45) is 5.92 Å². The number of carbonyl (C=O) groups is 3. The summed E-state index contributed by atoms with van der Waals surface area (Å²) in [4.78, 5) is 37.5. The Morgan fingerprint density at radius 3 is 2.54 bits per heavy atom. The van der Waals surface area contributed by atoms with E-state index in [-0.39, 0.29) is 41.0 Å². The van der Waals surface area contributed by atoms with Crippen molar-refractivity contribution in [1.82, 2.24) is 10.2 Å². The van der Waals surface area contributed by atoms with Crippen molar-refractivity contribution < 1.29 is 18.8 Å². The van der Waals surface area contributed by atoms with Gasteiger partial charge in [-0.25, -0.2) is 4.39 Å². The largest absolute Gasteiger partial charge is 0.355 e. The molecule has 0 aromatic heterocycles. The van der Waals surface area contributed by atoms with Crippen LogP contribution in [0, 0.1) is 11.7 Å². The molecule has 8 heteroatoms. The maximum Gasteiger partial charge on any atom is 0.234 e. The molecular formula is C18H22FN3O3S. The number of amides is 3. The smallest absolute Gasteiger partial charge is 0.234 e. The quantitative estimate of drug-likeness (QED) is 0.720. The van der Waals surface area contributed by atoms with E-state index in [1.807, 2.05) is 4.90 Å². The predicted octanol–water partition coefficient (Wildman–Crippen LogP) is 1.62. The molecule has 1 aromatic rings. The molecular weight excluding hydrogens is 357 g/mol. The summed E-state index contributed by atoms with van der Waals surface area (Å²) in [6, 6.07) is 5.94. The Labute approximate surface area is 155 Å². The fraction of sp³-hybridized carbons (Fsp3) is 0.500. The van der Waals surface area contributed by atoms with Gasteiger partial charge in [0.05, 0.1) is 11.5 Å². The first-order valence-electron chi connectivity index (χ1n) is 8.70. The monoisotopic (exact) mass is 379 g/mol. The molecule has 1 saturated carbocycles. The molecule has 1 aromatic carbocycles. The highest BCUT2D eigenvalue weighted by molar-refractivity contribution is 8.00. The fourth-order valence-electron chi connectivity index (χ4n) is 2.96. The number of nitrogens with one attached hydrogen (secondary N) is 2. The first kappa shape index (κ1) is 18.7. The zero-order valence-electron chi connectivity index (χ0n) is 14.4. The molecule has 0 radical (unpaired) electrons. The second kappa shape index (κ2) is 8.53. The van der Waals surface area contributed by atoms with Gasteiger partial charge in [0.2, 0.25) is 17.7 Å². The van der Waals surface area contributed by atoms with Crippen LogP contribution in [0.4, 0.5) is 10.1 Å². The van der Waals surface area contributed by atoms with E-state index in [9.17, 15) is 18.8 Å². The zero-order chi connectivity index (χ0) is 18.5. The van der Waals surface area contributed by atoms with Gasteiger partial charge in [0.25, 0.3) is 0 Å². The molecule has 1 aliphatic carbocycles. The van der Waals surface area contributed by atoms with E-state index in [0.717, 1.165) is 19.4 Å². The summed E-state index contributed by atoms with van der Waals surface area (Å²) >= 11 is 1.21. The number of likely N-dealkylation sites (tertiary alicyclic amines) is 1. The van der Waals surface area contributed by atoms with Crippen LogP contribution in [0.15, 0.2) is 24.3 Å². The highest BCUT2D eigenvalue weighted by Gasteiger charge is 2.39. The van der Waals surface area contributed by atoms with Crippen molar-refractivity contribution >= 4 is 35.2 Å². The molecule has 0 spiro atoms. The van der Waals surface area contributed by atoms with Crippen LogP contribution in [0.2, 0.25) is 0 Å². The molecule has 26 heavy (non-hydrogen) atoms. The third-order valence-electron chi connectivity index (χ3n) is 4.41. The number of thioether (sulfide) groups is 1. The van der Waals surface area contributed by atoms with Gasteiger partial charge in [0, 0.05) is 37.2 Å². The third kappa shape index (κ3) is 5.45. The van der Waals surface area contributed by atoms with Crippen molar-refractivity contribution in [3.05, 3.63) is 30.1 Å². The van der Waals surface area contributed by atoms with Gasteiger partial charge in [-0.3, -0.25) is 14.4 Å². The van der Waals surface area contributed by atoms with Gasteiger partial charge in [-0.15, -0.1) is 11.8 Å². The molecule has 0 bridgehead atoms. The second-order valence-corrected chi connectivity index (χ2v) is 7.68. The third-order valence-corrected chi connectivity index (χ3v) is 5.34. The first-order chi connectivity index (χ1) is 12.5. The first-order valence-corrected chi connectivity index (χ1v) is 9.86. The standard InChI is InChI=1S/C18H22FN3O3S/c19-13-1-3-14(4-2-13)21-17(24)11-26-10-16(23)20-8-12-7-18(25)22(9-12)15-5-6-15/h1-4,12,15H,5-11H2,(H,20,23)(H,21,24)/t12-/m0/s1. The van der Waals surface area contributed by atoms with Gasteiger partial charge >= 0.3 is 0 Å². The van der Waals surface area contributed by atoms with E-state index in [1.54, 1.807) is 0 Å². The fourth-order valence-corrected chi connectivity index (χ4v) is 3.61. The van der Waals surface area contributed by atoms with Gasteiger partial charge in [-0.05, 0) is 37.1 Å². The normalized spacial score (nSPS) is 19.5. The summed E-state index contributed by atoms with van der Waals surface area (Å²) in [6.45, 7) is 1.23. The zero-order valence-corrected chi connectivity index (χ0v) is 15.2. The minimum Gasteiger partial charge on any atom is -0.355 e. The van der Waals surface area contributed by atoms with Crippen LogP contribution in [0.3, 0.4) is 0 Å². The highest BCUT2D eigenvalue weighted by Crippen LogP contribution is 2.32. The van der Waals surface area contributed by atoms with Crippen molar-refractivity contribution in [3.63, 3.8) is 0 Å². The molecule has 3 rings (SSSR count). The lowest BCUT2D eigenvalue weighted by Gasteiger charge is -2.15. The van der Waals surface area contributed by atoms with Gasteiger partial charge in [0.15, 0.2) is 0 Å². The Hall–Kier alpha value is -2.09. The van der Waals surface area contributed by atoms with Crippen LogP contribution in [0.1, 0.15) is 19.3 Å². The van der Waals surface area contributed by atoms with Crippen molar-refractivity contribution in [2.45, 2.75) is 25.3 Å². The number of hydrogen-bond acceptors (Lipinski definition) is 4. The van der Waals surface area contributed by atoms with Crippen molar-refractivity contribution in [1.29, 1.82) is 0 Å². The number of hydrogen-bond donors (Lipinski definition) is 2. The molecule has 1 aliphatic heterocycles. The van der Waals surface area contributed by atoms with Crippen LogP contribution >= 0.6 is 11.8 Å². The Morgan fingerprint density at radius 2 is 1.85 bits per heavy atom. The van der Waals surface area contributed by atoms with Crippen LogP contribution in [-0.2, 0) is 14.4 Å². The number of halogens is 1. The van der Waals surface area contributed by atoms with Crippen LogP contribution in [0.25, 0.3) is 0 Å². The lowest BCUT2D eigenvalue weighted by atomic mass is 10.1. The van der Waals surface area contributed by atoms with Gasteiger partial charge < -0.3 is 15.5 Å². The van der Waals surface area contributed by atoms with E-state index in [4.69, 9.17) is 0 Å². The molecule has 6 nitrogen and oxygen atoms in total.